The van der Waals surface area contributed by atoms with Crippen LogP contribution in [-0.4, -0.2) is 96.9 Å². The number of hydrogen-bond donors (Lipinski definition) is 5. The molecule has 1 saturated heterocycles. The molecule has 2 aliphatic heterocycles. The van der Waals surface area contributed by atoms with E-state index in [1.54, 1.807) is 9.71 Å². The molecule has 13 nitrogen and oxygen atoms in total. The van der Waals surface area contributed by atoms with E-state index in [1.165, 1.54) is 49.9 Å². The molecule has 1 saturated carbocycles. The molecule has 3 aliphatic carbocycles. The van der Waals surface area contributed by atoms with Gasteiger partial charge in [-0.3, -0.25) is 14.4 Å². The summed E-state index contributed by atoms with van der Waals surface area (Å²) in [5.41, 5.74) is 16.6. The number of unbranched alkanes of at least 4 members (excludes halogenated alkanes) is 2. The van der Waals surface area contributed by atoms with E-state index in [0.717, 1.165) is 111 Å². The molecule has 0 spiro atoms. The van der Waals surface area contributed by atoms with E-state index in [-0.39, 0.29) is 43.0 Å². The molecule has 422 valence electrons. The molecule has 2 aromatic carbocycles. The number of allylic oxidation sites excluding steroid dienone is 7. The van der Waals surface area contributed by atoms with Crippen molar-refractivity contribution in [2.45, 2.75) is 148 Å². The van der Waals surface area contributed by atoms with Crippen LogP contribution in [0, 0.1) is 19.8 Å². The summed E-state index contributed by atoms with van der Waals surface area (Å²) in [7, 11) is 8.52. The third-order valence-corrected chi connectivity index (χ3v) is 17.3. The number of rotatable bonds is 28. The van der Waals surface area contributed by atoms with Gasteiger partial charge in [-0.2, -0.15) is 0 Å². The van der Waals surface area contributed by atoms with Crippen LogP contribution in [0.15, 0.2) is 140 Å². The third-order valence-electron chi connectivity index (χ3n) is 17.3. The normalized spacial score (nSPS) is 19.2. The Bertz CT molecular complexity index is 2990. The maximum Gasteiger partial charge on any atom is 0.252 e. The lowest BCUT2D eigenvalue weighted by atomic mass is 9.77. The van der Waals surface area contributed by atoms with E-state index in [9.17, 15) is 14.4 Å². The first kappa shape index (κ1) is 59.1. The van der Waals surface area contributed by atoms with Gasteiger partial charge in [0.25, 0.3) is 5.91 Å². The Labute approximate surface area is 478 Å². The predicted molar refractivity (Wildman–Crippen MR) is 325 cm³/mol. The first-order chi connectivity index (χ1) is 38.4. The molecule has 1 aromatic heterocycles. The number of aryl methyl sites for hydroxylation is 2. The van der Waals surface area contributed by atoms with Gasteiger partial charge in [0.2, 0.25) is 19.8 Å². The fourth-order valence-electron chi connectivity index (χ4n) is 12.5. The van der Waals surface area contributed by atoms with Crippen molar-refractivity contribution in [3.05, 3.63) is 179 Å². The van der Waals surface area contributed by atoms with Crippen LogP contribution in [0.25, 0.3) is 16.6 Å². The zero-order valence-corrected chi connectivity index (χ0v) is 48.4. The molecule has 8 rings (SSSR count). The van der Waals surface area contributed by atoms with E-state index < -0.39 is 11.6 Å². The highest BCUT2D eigenvalue weighted by Crippen LogP contribution is 2.47. The zero-order chi connectivity index (χ0) is 57.3. The summed E-state index contributed by atoms with van der Waals surface area (Å²) < 4.78 is 6.61. The highest BCUT2D eigenvalue weighted by Gasteiger charge is 2.45. The van der Waals surface area contributed by atoms with E-state index in [1.807, 2.05) is 36.4 Å². The lowest BCUT2D eigenvalue weighted by Gasteiger charge is -2.34. The number of ether oxygens (including phenoxy) is 1. The van der Waals surface area contributed by atoms with Crippen LogP contribution in [-0.2, 0) is 38.5 Å². The Morgan fingerprint density at radius 2 is 1.69 bits per heavy atom. The number of nitrogens with one attached hydrogen (secondary N) is 5. The molecule has 14 heteroatoms. The Balaban J connectivity index is 0.857. The summed E-state index contributed by atoms with van der Waals surface area (Å²) in [4.78, 5) is 52.0. The van der Waals surface area contributed by atoms with Crippen LogP contribution >= 0.6 is 0 Å². The lowest BCUT2D eigenvalue weighted by molar-refractivity contribution is -0.148. The summed E-state index contributed by atoms with van der Waals surface area (Å²) in [5, 5.41) is 17.7. The second-order valence-corrected chi connectivity index (χ2v) is 22.8. The Morgan fingerprint density at radius 1 is 0.938 bits per heavy atom. The number of benzene rings is 2. The second kappa shape index (κ2) is 26.5. The van der Waals surface area contributed by atoms with Gasteiger partial charge in [0.15, 0.2) is 0 Å². The number of nitrogens with zero attached hydrogens (tertiary/aromatic N) is 4. The number of aromatic nitrogens is 1. The predicted octanol–water partition coefficient (Wildman–Crippen LogP) is 10.5. The fourth-order valence-corrected chi connectivity index (χ4v) is 12.5. The van der Waals surface area contributed by atoms with Crippen LogP contribution in [0.3, 0.4) is 0 Å². The van der Waals surface area contributed by atoms with E-state index in [2.05, 4.69) is 117 Å². The summed E-state index contributed by atoms with van der Waals surface area (Å²) in [6.07, 6.45) is 17.1. The average molecular weight is 1080 g/mol. The molecule has 0 unspecified atom stereocenters. The Hall–Kier alpha value is -7.06. The smallest absolute Gasteiger partial charge is 0.252 e. The first-order valence-electron chi connectivity index (χ1n) is 29.1. The first-order valence-corrected chi connectivity index (χ1v) is 29.1. The molecule has 3 amide bonds. The quantitative estimate of drug-likeness (QED) is 0.0206. The zero-order valence-electron chi connectivity index (χ0n) is 48.4. The molecule has 2 fully saturated rings. The van der Waals surface area contributed by atoms with Gasteiger partial charge in [-0.15, -0.1) is 0 Å². The van der Waals surface area contributed by atoms with Gasteiger partial charge in [-0.1, -0.05) is 101 Å². The molecule has 3 heterocycles. The average Bonchev–Trinajstić information content (AvgIpc) is 4.33. The number of amides is 3. The molecule has 2 radical (unpaired) electrons. The summed E-state index contributed by atoms with van der Waals surface area (Å²) >= 11 is 0. The fraction of sp³-hybridized carbons (Fsp3) is 0.455. The summed E-state index contributed by atoms with van der Waals surface area (Å²) in [6, 6.07) is 11.2. The maximum absolute atomic E-state index is 14.9. The van der Waals surface area contributed by atoms with Crippen LogP contribution in [0.4, 0.5) is 0 Å². The number of likely N-dealkylation sites (tertiary alicyclic amines) is 1. The van der Waals surface area contributed by atoms with E-state index >= 15 is 0 Å². The minimum atomic E-state index is -1.02. The number of hydrogen-bond acceptors (Lipinski definition) is 10. The highest BCUT2D eigenvalue weighted by molar-refractivity contribution is 6.05. The molecular formula is C66H86BN9O4. The van der Waals surface area contributed by atoms with Gasteiger partial charge in [0, 0.05) is 79.2 Å². The number of carbonyl (C=O) groups is 3. The highest BCUT2D eigenvalue weighted by atomic mass is 16.5. The van der Waals surface area contributed by atoms with Gasteiger partial charge in [0.1, 0.15) is 18.4 Å². The molecule has 5 aliphatic rings. The maximum atomic E-state index is 14.9. The monoisotopic (exact) mass is 1080 g/mol. The van der Waals surface area contributed by atoms with Crippen LogP contribution in [0.2, 0.25) is 0 Å². The van der Waals surface area contributed by atoms with Gasteiger partial charge in [-0.25, -0.2) is 4.98 Å². The third kappa shape index (κ3) is 13.6. The van der Waals surface area contributed by atoms with Crippen molar-refractivity contribution in [2.24, 2.45) is 5.92 Å². The molecule has 0 bridgehead atoms. The van der Waals surface area contributed by atoms with Crippen LogP contribution < -0.4 is 26.6 Å². The molecule has 5 N–H and O–H groups in total. The minimum absolute atomic E-state index is 0.0557. The summed E-state index contributed by atoms with van der Waals surface area (Å²) in [5.74, 6) is 0.112. The second-order valence-electron chi connectivity index (χ2n) is 22.8. The number of fused-ring (bicyclic) bond motifs is 2. The molecular weight excluding hydrogens is 994 g/mol. The van der Waals surface area contributed by atoms with E-state index in [0.29, 0.717) is 69.0 Å². The Morgan fingerprint density at radius 3 is 2.40 bits per heavy atom. The topological polar surface area (TPSA) is 143 Å². The number of pyridine rings is 1. The summed E-state index contributed by atoms with van der Waals surface area (Å²) in [6.45, 7) is 38.4. The van der Waals surface area contributed by atoms with Gasteiger partial charge in [-0.05, 0) is 154 Å². The van der Waals surface area contributed by atoms with Crippen molar-refractivity contribution >= 4 is 42.3 Å². The van der Waals surface area contributed by atoms with Crippen molar-refractivity contribution in [2.75, 3.05) is 40.0 Å². The van der Waals surface area contributed by atoms with Crippen LogP contribution in [0.1, 0.15) is 142 Å². The van der Waals surface area contributed by atoms with Crippen molar-refractivity contribution in [1.29, 1.82) is 0 Å². The minimum Gasteiger partial charge on any atom is -0.424 e. The van der Waals surface area contributed by atoms with Gasteiger partial charge >= 0.3 is 0 Å². The van der Waals surface area contributed by atoms with Crippen LogP contribution in [0.5, 0.6) is 0 Å². The molecule has 80 heavy (non-hydrogen) atoms. The van der Waals surface area contributed by atoms with E-state index in [4.69, 9.17) is 17.7 Å². The van der Waals surface area contributed by atoms with Crippen molar-refractivity contribution < 1.29 is 19.1 Å². The Kier molecular flexibility index (Phi) is 19.6. The van der Waals surface area contributed by atoms with Gasteiger partial charge in [0.05, 0.1) is 36.0 Å². The molecule has 3 aromatic rings. The van der Waals surface area contributed by atoms with Crippen molar-refractivity contribution in [3.63, 3.8) is 0 Å². The van der Waals surface area contributed by atoms with Crippen molar-refractivity contribution in [1.82, 2.24) is 46.2 Å². The largest absolute Gasteiger partial charge is 0.424 e. The SMILES string of the molecule is [B]N(CC(=C)NCC(=C)N[C@@H](Cc1ccccc1)C(=O)NCC(=C)NCOC1(C(=O)N[C@H]2CCc3c(C)c(C)cc4nc5c(c2c34)CN(C)/C5=C\C2=C(C=C)CCC(=C)[C@@H]2CC)CCCC1)C(=C)CCCCCN1C(=C)CCC1=O. The molecule has 3 atom stereocenters. The lowest BCUT2D eigenvalue weighted by Crippen LogP contribution is -2.50. The number of carbonyl (C=O) groups excluding carboxylic acids is 3. The standard InChI is InChI=1S/C66H86BN9O4/c1-12-51-27-25-42(3)52(13-2)54(51)36-59-63-55(40-74(59)11)62-56(29-28-53-49(10)43(4)34-57(72-63)61(53)62)73-65(79)66(31-19-20-32-66)80-41-70-44(5)37-69-64(78)58(35-50-23-17-14-18-24-50)71-45(6)38-68-46(7)39-76(67)48(9)22-16-15-21-33-75-47(8)26-30-60(75)77/h12,14,17-18,23-24,34,36,52,56,58,68,70-71H,1,3,5-9,13,15-16,19-22,25-33,35,37-41H2,2,4,10-11H3,(H,69,78)(H,73,79)/b59-36-/t52-,56-,58-/m0/s1. The van der Waals surface area contributed by atoms with Gasteiger partial charge < -0.3 is 45.9 Å². The van der Waals surface area contributed by atoms with Crippen molar-refractivity contribution in [3.8, 4) is 0 Å².